The van der Waals surface area contributed by atoms with Crippen molar-refractivity contribution in [1.82, 2.24) is 19.6 Å². The van der Waals surface area contributed by atoms with Gasteiger partial charge in [0.2, 0.25) is 5.65 Å². The van der Waals surface area contributed by atoms with Gasteiger partial charge in [0.25, 0.3) is 0 Å². The monoisotopic (exact) mass is 255 g/mol. The van der Waals surface area contributed by atoms with Crippen LogP contribution in [-0.4, -0.2) is 26.1 Å². The zero-order valence-electron chi connectivity index (χ0n) is 11.2. The van der Waals surface area contributed by atoms with Crippen molar-refractivity contribution in [3.63, 3.8) is 0 Å². The number of unbranched alkanes of at least 4 members (excludes halogenated alkanes) is 1. The third kappa shape index (κ3) is 2.01. The molecule has 2 aromatic heterocycles. The van der Waals surface area contributed by atoms with Crippen LogP contribution in [0.2, 0.25) is 0 Å². The highest BCUT2D eigenvalue weighted by Crippen LogP contribution is 2.21. The summed E-state index contributed by atoms with van der Waals surface area (Å²) in [6, 6.07) is 8.06. The van der Waals surface area contributed by atoms with Gasteiger partial charge in [-0.2, -0.15) is 0 Å². The number of benzene rings is 1. The molecule has 0 radical (unpaired) electrons. The predicted molar refractivity (Wildman–Crippen MR) is 76.4 cm³/mol. The first kappa shape index (κ1) is 11.9. The van der Waals surface area contributed by atoms with Crippen LogP contribution in [0.3, 0.4) is 0 Å². The SMILES string of the molecule is CCCCNc1nc2ccccc2n2c(C)nnc12. The summed E-state index contributed by atoms with van der Waals surface area (Å²) in [5.41, 5.74) is 2.80. The highest BCUT2D eigenvalue weighted by molar-refractivity contribution is 5.82. The van der Waals surface area contributed by atoms with E-state index in [0.717, 1.165) is 47.7 Å². The molecule has 19 heavy (non-hydrogen) atoms. The molecule has 0 bridgehead atoms. The molecule has 2 heterocycles. The van der Waals surface area contributed by atoms with Gasteiger partial charge in [-0.3, -0.25) is 4.40 Å². The normalized spacial score (nSPS) is 11.3. The van der Waals surface area contributed by atoms with E-state index in [1.807, 2.05) is 31.2 Å². The van der Waals surface area contributed by atoms with Crippen molar-refractivity contribution in [3.05, 3.63) is 30.1 Å². The summed E-state index contributed by atoms with van der Waals surface area (Å²) >= 11 is 0. The van der Waals surface area contributed by atoms with Gasteiger partial charge in [0.1, 0.15) is 5.82 Å². The van der Waals surface area contributed by atoms with Crippen LogP contribution in [-0.2, 0) is 0 Å². The first-order valence-corrected chi connectivity index (χ1v) is 6.65. The lowest BCUT2D eigenvalue weighted by Crippen LogP contribution is -2.06. The maximum absolute atomic E-state index is 4.65. The molecule has 0 fully saturated rings. The van der Waals surface area contributed by atoms with Gasteiger partial charge < -0.3 is 5.32 Å². The molecular weight excluding hydrogens is 238 g/mol. The second-order valence-electron chi connectivity index (χ2n) is 4.64. The molecule has 0 saturated heterocycles. The maximum Gasteiger partial charge on any atom is 0.204 e. The Labute approximate surface area is 111 Å². The number of aryl methyl sites for hydroxylation is 1. The first-order valence-electron chi connectivity index (χ1n) is 6.65. The number of hydrogen-bond acceptors (Lipinski definition) is 4. The molecule has 0 aliphatic heterocycles. The fraction of sp³-hybridized carbons (Fsp3) is 0.357. The topological polar surface area (TPSA) is 55.1 Å². The zero-order valence-corrected chi connectivity index (χ0v) is 11.2. The summed E-state index contributed by atoms with van der Waals surface area (Å²) in [5.74, 6) is 1.69. The Bertz CT molecular complexity index is 716. The molecule has 0 saturated carbocycles. The van der Waals surface area contributed by atoms with E-state index >= 15 is 0 Å². The number of aromatic nitrogens is 4. The van der Waals surface area contributed by atoms with Crippen molar-refractivity contribution in [2.24, 2.45) is 0 Å². The zero-order chi connectivity index (χ0) is 13.2. The molecule has 1 aromatic carbocycles. The minimum Gasteiger partial charge on any atom is -0.367 e. The Morgan fingerprint density at radius 1 is 1.21 bits per heavy atom. The molecule has 3 rings (SSSR count). The second-order valence-corrected chi connectivity index (χ2v) is 4.64. The minimum atomic E-state index is 0.798. The van der Waals surface area contributed by atoms with Crippen LogP contribution in [0.25, 0.3) is 16.7 Å². The van der Waals surface area contributed by atoms with Gasteiger partial charge in [-0.25, -0.2) is 4.98 Å². The number of fused-ring (bicyclic) bond motifs is 3. The molecule has 98 valence electrons. The average Bonchev–Trinajstić information content (AvgIpc) is 2.82. The Hall–Kier alpha value is -2.17. The Morgan fingerprint density at radius 2 is 2.05 bits per heavy atom. The smallest absolute Gasteiger partial charge is 0.204 e. The third-order valence-corrected chi connectivity index (χ3v) is 3.21. The predicted octanol–water partition coefficient (Wildman–Crippen LogP) is 2.80. The van der Waals surface area contributed by atoms with E-state index in [1.54, 1.807) is 0 Å². The Morgan fingerprint density at radius 3 is 2.89 bits per heavy atom. The number of nitrogens with zero attached hydrogens (tertiary/aromatic N) is 4. The molecule has 0 aliphatic rings. The van der Waals surface area contributed by atoms with Crippen LogP contribution in [0.15, 0.2) is 24.3 Å². The van der Waals surface area contributed by atoms with E-state index in [4.69, 9.17) is 0 Å². The van der Waals surface area contributed by atoms with Gasteiger partial charge in [-0.05, 0) is 25.5 Å². The van der Waals surface area contributed by atoms with Crippen molar-refractivity contribution in [2.45, 2.75) is 26.7 Å². The van der Waals surface area contributed by atoms with Crippen LogP contribution in [0.5, 0.6) is 0 Å². The first-order chi connectivity index (χ1) is 9.31. The number of nitrogens with one attached hydrogen (secondary N) is 1. The van der Waals surface area contributed by atoms with Gasteiger partial charge in [0.05, 0.1) is 11.0 Å². The molecular formula is C14H17N5. The summed E-state index contributed by atoms with van der Waals surface area (Å²) in [5, 5.41) is 11.8. The number of anilines is 1. The Kier molecular flexibility index (Phi) is 3.03. The van der Waals surface area contributed by atoms with Crippen molar-refractivity contribution in [1.29, 1.82) is 0 Å². The number of hydrogen-bond donors (Lipinski definition) is 1. The molecule has 0 unspecified atom stereocenters. The highest BCUT2D eigenvalue weighted by Gasteiger charge is 2.11. The van der Waals surface area contributed by atoms with Crippen LogP contribution < -0.4 is 5.32 Å². The fourth-order valence-corrected chi connectivity index (χ4v) is 2.22. The average molecular weight is 255 g/mol. The van der Waals surface area contributed by atoms with Gasteiger partial charge >= 0.3 is 0 Å². The van der Waals surface area contributed by atoms with Gasteiger partial charge in [0.15, 0.2) is 5.82 Å². The lowest BCUT2D eigenvalue weighted by Gasteiger charge is -2.09. The molecule has 0 aliphatic carbocycles. The van der Waals surface area contributed by atoms with Crippen LogP contribution in [0.1, 0.15) is 25.6 Å². The molecule has 0 spiro atoms. The largest absolute Gasteiger partial charge is 0.367 e. The third-order valence-electron chi connectivity index (χ3n) is 3.21. The van der Waals surface area contributed by atoms with Gasteiger partial charge in [-0.15, -0.1) is 10.2 Å². The van der Waals surface area contributed by atoms with E-state index in [9.17, 15) is 0 Å². The van der Waals surface area contributed by atoms with Crippen LogP contribution >= 0.6 is 0 Å². The van der Waals surface area contributed by atoms with Crippen molar-refractivity contribution in [2.75, 3.05) is 11.9 Å². The van der Waals surface area contributed by atoms with Gasteiger partial charge in [-0.1, -0.05) is 25.5 Å². The lowest BCUT2D eigenvalue weighted by atomic mass is 10.3. The summed E-state index contributed by atoms with van der Waals surface area (Å²) < 4.78 is 2.05. The second kappa shape index (κ2) is 4.84. The summed E-state index contributed by atoms with van der Waals surface area (Å²) in [6.45, 7) is 5.04. The number of rotatable bonds is 4. The highest BCUT2D eigenvalue weighted by atomic mass is 15.3. The molecule has 0 atom stereocenters. The summed E-state index contributed by atoms with van der Waals surface area (Å²) in [4.78, 5) is 4.65. The quantitative estimate of drug-likeness (QED) is 0.728. The summed E-state index contributed by atoms with van der Waals surface area (Å²) in [6.07, 6.45) is 2.27. The van der Waals surface area contributed by atoms with E-state index in [2.05, 4.69) is 31.8 Å². The van der Waals surface area contributed by atoms with Crippen molar-refractivity contribution >= 4 is 22.5 Å². The van der Waals surface area contributed by atoms with Crippen LogP contribution in [0.4, 0.5) is 5.82 Å². The maximum atomic E-state index is 4.65. The van der Waals surface area contributed by atoms with Crippen LogP contribution in [0, 0.1) is 6.92 Å². The molecule has 5 nitrogen and oxygen atoms in total. The van der Waals surface area contributed by atoms with Crippen molar-refractivity contribution < 1.29 is 0 Å². The minimum absolute atomic E-state index is 0.798. The van der Waals surface area contributed by atoms with Crippen molar-refractivity contribution in [3.8, 4) is 0 Å². The van der Waals surface area contributed by atoms with Gasteiger partial charge in [0, 0.05) is 6.54 Å². The molecule has 3 aromatic rings. The fourth-order valence-electron chi connectivity index (χ4n) is 2.22. The van der Waals surface area contributed by atoms with E-state index < -0.39 is 0 Å². The lowest BCUT2D eigenvalue weighted by molar-refractivity contribution is 0.831. The standard InChI is InChI=1S/C14H17N5/c1-3-4-9-15-13-14-18-17-10(2)19(14)12-8-6-5-7-11(12)16-13/h5-8H,3-4,9H2,1-2H3,(H,15,16). The number of para-hydroxylation sites is 2. The van der Waals surface area contributed by atoms with E-state index in [0.29, 0.717) is 0 Å². The summed E-state index contributed by atoms with van der Waals surface area (Å²) in [7, 11) is 0. The molecule has 0 amide bonds. The van der Waals surface area contributed by atoms with E-state index in [1.165, 1.54) is 0 Å². The van der Waals surface area contributed by atoms with E-state index in [-0.39, 0.29) is 0 Å². The molecule has 1 N–H and O–H groups in total. The Balaban J connectivity index is 2.19. The molecule has 5 heteroatoms.